The smallest absolute Gasteiger partial charge is 0.00852 e. The monoisotopic (exact) mass is 270 g/mol. The van der Waals surface area contributed by atoms with E-state index in [1.165, 1.54) is 43.2 Å². The minimum atomic E-state index is 0.796. The Morgan fingerprint density at radius 1 is 1.11 bits per heavy atom. The molecule has 0 spiro atoms. The van der Waals surface area contributed by atoms with E-state index in [1.807, 2.05) is 11.3 Å². The Balaban J connectivity index is 1.83. The van der Waals surface area contributed by atoms with Crippen LogP contribution >= 0.6 is 11.3 Å². The number of hydrogen-bond donors (Lipinski definition) is 0. The summed E-state index contributed by atoms with van der Waals surface area (Å²) in [6, 6.07) is 13.2. The topological polar surface area (TPSA) is 0 Å². The lowest BCUT2D eigenvalue weighted by molar-refractivity contribution is 0.429. The van der Waals surface area contributed by atoms with Crippen molar-refractivity contribution in [2.24, 2.45) is 5.92 Å². The minimum Gasteiger partial charge on any atom is -0.148 e. The molecular formula is C18H22S. The van der Waals surface area contributed by atoms with Gasteiger partial charge in [0.25, 0.3) is 0 Å². The van der Waals surface area contributed by atoms with E-state index >= 15 is 0 Å². The minimum absolute atomic E-state index is 0.796. The first-order valence-electron chi connectivity index (χ1n) is 7.52. The molecule has 1 fully saturated rings. The summed E-state index contributed by atoms with van der Waals surface area (Å²) in [6.07, 6.45) is 7.06. The normalized spacial score (nSPS) is 17.7. The molecule has 19 heavy (non-hydrogen) atoms. The quantitative estimate of drug-likeness (QED) is 0.629. The molecule has 3 rings (SSSR count). The molecule has 0 saturated heterocycles. The van der Waals surface area contributed by atoms with E-state index in [0.717, 1.165) is 11.8 Å². The van der Waals surface area contributed by atoms with Gasteiger partial charge in [-0.15, -0.1) is 11.3 Å². The van der Waals surface area contributed by atoms with E-state index in [4.69, 9.17) is 0 Å². The van der Waals surface area contributed by atoms with Gasteiger partial charge in [0.05, 0.1) is 0 Å². The average Bonchev–Trinajstić information content (AvgIpc) is 3.12. The van der Waals surface area contributed by atoms with Crippen LogP contribution in [0.5, 0.6) is 0 Å². The molecule has 1 heteroatoms. The number of benzene rings is 1. The summed E-state index contributed by atoms with van der Waals surface area (Å²) in [5, 5.41) is 2.34. The van der Waals surface area contributed by atoms with Gasteiger partial charge in [0, 0.05) is 4.88 Å². The largest absolute Gasteiger partial charge is 0.148 e. The molecule has 2 aromatic rings. The van der Waals surface area contributed by atoms with E-state index in [2.05, 4.69) is 48.7 Å². The average molecular weight is 270 g/mol. The Hall–Kier alpha value is -1.08. The molecule has 1 aliphatic carbocycles. The van der Waals surface area contributed by atoms with Gasteiger partial charge >= 0.3 is 0 Å². The first kappa shape index (κ1) is 12.9. The van der Waals surface area contributed by atoms with Crippen molar-refractivity contribution in [1.82, 2.24) is 0 Å². The van der Waals surface area contributed by atoms with E-state index in [-0.39, 0.29) is 0 Å². The summed E-state index contributed by atoms with van der Waals surface area (Å²) in [7, 11) is 0. The highest BCUT2D eigenvalue weighted by Gasteiger charge is 2.26. The van der Waals surface area contributed by atoms with Crippen LogP contribution in [0.1, 0.15) is 49.8 Å². The van der Waals surface area contributed by atoms with Crippen molar-refractivity contribution in [3.63, 3.8) is 0 Å². The fourth-order valence-electron chi connectivity index (χ4n) is 3.46. The highest BCUT2D eigenvalue weighted by molar-refractivity contribution is 7.10. The van der Waals surface area contributed by atoms with Crippen LogP contribution in [-0.2, 0) is 0 Å². The van der Waals surface area contributed by atoms with Crippen LogP contribution in [0.4, 0.5) is 0 Å². The summed E-state index contributed by atoms with van der Waals surface area (Å²) in [4.78, 5) is 1.60. The third-order valence-electron chi connectivity index (χ3n) is 4.50. The zero-order chi connectivity index (χ0) is 13.1. The molecule has 0 aliphatic heterocycles. The zero-order valence-corrected chi connectivity index (χ0v) is 12.5. The third kappa shape index (κ3) is 2.76. The highest BCUT2D eigenvalue weighted by Crippen LogP contribution is 2.42. The molecule has 100 valence electrons. The summed E-state index contributed by atoms with van der Waals surface area (Å²) in [6.45, 7) is 2.35. The van der Waals surface area contributed by atoms with E-state index in [9.17, 15) is 0 Å². The van der Waals surface area contributed by atoms with Gasteiger partial charge in [-0.3, -0.25) is 0 Å². The molecule has 1 aromatic carbocycles. The van der Waals surface area contributed by atoms with Gasteiger partial charge in [-0.1, -0.05) is 50.1 Å². The third-order valence-corrected chi connectivity index (χ3v) is 5.57. The van der Waals surface area contributed by atoms with Crippen LogP contribution in [-0.4, -0.2) is 0 Å². The Morgan fingerprint density at radius 2 is 1.84 bits per heavy atom. The molecule has 1 aromatic heterocycles. The molecule has 1 aliphatic rings. The van der Waals surface area contributed by atoms with Gasteiger partial charge < -0.3 is 0 Å². The second kappa shape index (κ2) is 5.92. The van der Waals surface area contributed by atoms with Crippen molar-refractivity contribution in [3.8, 4) is 11.1 Å². The summed E-state index contributed by atoms with van der Waals surface area (Å²) in [5.41, 5.74) is 2.75. The van der Waals surface area contributed by atoms with E-state index in [0.29, 0.717) is 0 Å². The Kier molecular flexibility index (Phi) is 4.03. The Bertz CT molecular complexity index is 505. The number of rotatable bonds is 4. The molecule has 1 saturated carbocycles. The van der Waals surface area contributed by atoms with Gasteiger partial charge in [-0.2, -0.15) is 0 Å². The van der Waals surface area contributed by atoms with Crippen LogP contribution in [0.2, 0.25) is 0 Å². The summed E-state index contributed by atoms with van der Waals surface area (Å²) in [5.74, 6) is 1.73. The summed E-state index contributed by atoms with van der Waals surface area (Å²) < 4.78 is 0. The van der Waals surface area contributed by atoms with Crippen LogP contribution in [0.15, 0.2) is 41.8 Å². The SMILES string of the molecule is CCC(c1cc(-c2ccccc2)cs1)C1CCCC1. The van der Waals surface area contributed by atoms with Crippen molar-refractivity contribution < 1.29 is 0 Å². The highest BCUT2D eigenvalue weighted by atomic mass is 32.1. The van der Waals surface area contributed by atoms with Crippen LogP contribution in [0.25, 0.3) is 11.1 Å². The van der Waals surface area contributed by atoms with Gasteiger partial charge in [0.15, 0.2) is 0 Å². The van der Waals surface area contributed by atoms with Gasteiger partial charge in [-0.25, -0.2) is 0 Å². The van der Waals surface area contributed by atoms with Crippen molar-refractivity contribution >= 4 is 11.3 Å². The number of hydrogen-bond acceptors (Lipinski definition) is 1. The first-order valence-corrected chi connectivity index (χ1v) is 8.40. The Labute approximate surface area is 120 Å². The molecule has 1 atom stereocenters. The summed E-state index contributed by atoms with van der Waals surface area (Å²) >= 11 is 1.96. The lowest BCUT2D eigenvalue weighted by Crippen LogP contribution is -2.07. The maximum absolute atomic E-state index is 2.44. The van der Waals surface area contributed by atoms with Crippen LogP contribution in [0, 0.1) is 5.92 Å². The van der Waals surface area contributed by atoms with Crippen molar-refractivity contribution in [2.75, 3.05) is 0 Å². The predicted molar refractivity (Wildman–Crippen MR) is 84.7 cm³/mol. The second-order valence-electron chi connectivity index (χ2n) is 5.66. The lowest BCUT2D eigenvalue weighted by Gasteiger charge is -2.20. The molecular weight excluding hydrogens is 248 g/mol. The van der Waals surface area contributed by atoms with Crippen molar-refractivity contribution in [3.05, 3.63) is 46.7 Å². The molecule has 1 unspecified atom stereocenters. The maximum atomic E-state index is 2.44. The lowest BCUT2D eigenvalue weighted by atomic mass is 9.87. The fourth-order valence-corrected chi connectivity index (χ4v) is 4.65. The number of thiophene rings is 1. The van der Waals surface area contributed by atoms with E-state index in [1.54, 1.807) is 4.88 Å². The van der Waals surface area contributed by atoms with Crippen molar-refractivity contribution in [1.29, 1.82) is 0 Å². The van der Waals surface area contributed by atoms with Gasteiger partial charge in [0.2, 0.25) is 0 Å². The molecule has 0 amide bonds. The fraction of sp³-hybridized carbons (Fsp3) is 0.444. The molecule has 0 N–H and O–H groups in total. The van der Waals surface area contributed by atoms with Crippen molar-refractivity contribution in [2.45, 2.75) is 44.9 Å². The van der Waals surface area contributed by atoms with Crippen LogP contribution < -0.4 is 0 Å². The van der Waals surface area contributed by atoms with E-state index < -0.39 is 0 Å². The second-order valence-corrected chi connectivity index (χ2v) is 6.61. The Morgan fingerprint density at radius 3 is 2.53 bits per heavy atom. The first-order chi connectivity index (χ1) is 9.38. The molecule has 0 radical (unpaired) electrons. The van der Waals surface area contributed by atoms with Crippen LogP contribution in [0.3, 0.4) is 0 Å². The maximum Gasteiger partial charge on any atom is 0.00852 e. The van der Waals surface area contributed by atoms with Gasteiger partial charge in [-0.05, 0) is 53.7 Å². The molecule has 0 nitrogen and oxygen atoms in total. The predicted octanol–water partition coefficient (Wildman–Crippen LogP) is 6.10. The molecule has 0 bridgehead atoms. The standard InChI is InChI=1S/C18H22S/c1-2-17(15-10-6-7-11-15)18-12-16(13-19-18)14-8-4-3-5-9-14/h3-5,8-9,12-13,15,17H,2,6-7,10-11H2,1H3. The zero-order valence-electron chi connectivity index (χ0n) is 11.6. The molecule has 1 heterocycles. The van der Waals surface area contributed by atoms with Gasteiger partial charge in [0.1, 0.15) is 0 Å².